The lowest BCUT2D eigenvalue weighted by atomic mass is 9.83. The van der Waals surface area contributed by atoms with Crippen LogP contribution in [0.15, 0.2) is 35.5 Å². The second-order valence-corrected chi connectivity index (χ2v) is 5.81. The minimum atomic E-state index is -1.39. The summed E-state index contributed by atoms with van der Waals surface area (Å²) in [7, 11) is 3.81. The molecule has 0 atom stereocenters. The van der Waals surface area contributed by atoms with Gasteiger partial charge < -0.3 is 14.2 Å². The maximum atomic E-state index is 12.2. The van der Waals surface area contributed by atoms with Crippen molar-refractivity contribution < 1.29 is 30.0 Å². The number of allylic oxidation sites excluding steroid dienone is 5. The van der Waals surface area contributed by atoms with Crippen molar-refractivity contribution in [3.05, 3.63) is 35.5 Å². The number of methoxy groups -OCH3 is 3. The van der Waals surface area contributed by atoms with Gasteiger partial charge in [-0.25, -0.2) is 4.79 Å². The van der Waals surface area contributed by atoms with Crippen molar-refractivity contribution in [1.82, 2.24) is 0 Å². The third-order valence-electron chi connectivity index (χ3n) is 4.13. The summed E-state index contributed by atoms with van der Waals surface area (Å²) in [6.45, 7) is 0.0112. The van der Waals surface area contributed by atoms with Crippen LogP contribution in [0.5, 0.6) is 0 Å². The molecule has 25 heavy (non-hydrogen) atoms. The standard InChI is InChI=1S/C19H26O6/c1-14-12-19(17(21)24-3,18(22)25-4)13-15(14)10-8-6-5-7-9-11-16(20)23-2/h8-11H,5-7,12-13H2,1-4H3/b10-8+,11-9+/i1D. The number of carbonyl (C=O) groups is 3. The molecule has 0 bridgehead atoms. The highest BCUT2D eigenvalue weighted by atomic mass is 16.5. The number of ether oxygens (including phenoxy) is 3. The van der Waals surface area contributed by atoms with Gasteiger partial charge in [-0.3, -0.25) is 9.59 Å². The first kappa shape index (κ1) is 19.0. The Labute approximate surface area is 149 Å². The monoisotopic (exact) mass is 351 g/mol. The Morgan fingerprint density at radius 1 is 1.04 bits per heavy atom. The Hall–Kier alpha value is -2.37. The molecule has 0 spiro atoms. The van der Waals surface area contributed by atoms with Crippen molar-refractivity contribution in [1.29, 1.82) is 0 Å². The molecule has 1 aliphatic carbocycles. The predicted octanol–water partition coefficient (Wildman–Crippen LogP) is 2.88. The van der Waals surface area contributed by atoms with Crippen LogP contribution in [0.3, 0.4) is 0 Å². The van der Waals surface area contributed by atoms with Crippen LogP contribution in [0.4, 0.5) is 0 Å². The summed E-state index contributed by atoms with van der Waals surface area (Å²) in [5.74, 6) is -1.64. The second-order valence-electron chi connectivity index (χ2n) is 5.81. The summed E-state index contributed by atoms with van der Waals surface area (Å²) in [5, 5.41) is 0. The summed E-state index contributed by atoms with van der Waals surface area (Å²) in [5.41, 5.74) is 0.159. The lowest BCUT2D eigenvalue weighted by molar-refractivity contribution is -0.168. The molecule has 0 heterocycles. The summed E-state index contributed by atoms with van der Waals surface area (Å²) < 4.78 is 21.8. The Balaban J connectivity index is 2.70. The van der Waals surface area contributed by atoms with Crippen LogP contribution in [0, 0.1) is 5.41 Å². The highest BCUT2D eigenvalue weighted by molar-refractivity contribution is 6.01. The van der Waals surface area contributed by atoms with E-state index in [1.54, 1.807) is 6.08 Å². The fourth-order valence-electron chi connectivity index (χ4n) is 2.76. The number of esters is 3. The van der Waals surface area contributed by atoms with Crippen LogP contribution in [0.25, 0.3) is 0 Å². The van der Waals surface area contributed by atoms with Crippen LogP contribution < -0.4 is 0 Å². The largest absolute Gasteiger partial charge is 0.468 e. The normalized spacial score (nSPS) is 17.0. The van der Waals surface area contributed by atoms with Crippen molar-refractivity contribution in [3.8, 4) is 0 Å². The molecule has 6 nitrogen and oxygen atoms in total. The van der Waals surface area contributed by atoms with Crippen molar-refractivity contribution >= 4 is 17.9 Å². The lowest BCUT2D eigenvalue weighted by Crippen LogP contribution is -2.39. The molecule has 0 amide bonds. The summed E-state index contributed by atoms with van der Waals surface area (Å²) in [4.78, 5) is 35.3. The zero-order valence-corrected chi connectivity index (χ0v) is 15.0. The van der Waals surface area contributed by atoms with E-state index < -0.39 is 17.4 Å². The molecule has 0 aromatic carbocycles. The first-order valence-electron chi connectivity index (χ1n) is 8.73. The maximum absolute atomic E-state index is 12.2. The molecular formula is C19H26O6. The average molecular weight is 351 g/mol. The molecule has 0 saturated heterocycles. The number of unbranched alkanes of at least 4 members (excludes halogenated alkanes) is 2. The molecule has 0 unspecified atom stereocenters. The van der Waals surface area contributed by atoms with Crippen LogP contribution in [0.2, 0.25) is 0 Å². The summed E-state index contributed by atoms with van der Waals surface area (Å²) >= 11 is 0. The fraction of sp³-hybridized carbons (Fsp3) is 0.526. The minimum Gasteiger partial charge on any atom is -0.468 e. The number of carbonyl (C=O) groups excluding carboxylic acids is 3. The Morgan fingerprint density at radius 3 is 2.24 bits per heavy atom. The average Bonchev–Trinajstić information content (AvgIpc) is 3.05. The molecule has 0 aromatic heterocycles. The van der Waals surface area contributed by atoms with E-state index in [0.29, 0.717) is 0 Å². The molecule has 1 rings (SSSR count). The fourth-order valence-corrected chi connectivity index (χ4v) is 2.76. The molecule has 0 fully saturated rings. The van der Waals surface area contributed by atoms with E-state index in [0.717, 1.165) is 30.4 Å². The summed E-state index contributed by atoms with van der Waals surface area (Å²) in [6.07, 6.45) is 9.63. The molecule has 6 heteroatoms. The van der Waals surface area contributed by atoms with Gasteiger partial charge in [0.1, 0.15) is 0 Å². The zero-order chi connectivity index (χ0) is 19.6. The molecule has 0 radical (unpaired) electrons. The van der Waals surface area contributed by atoms with Gasteiger partial charge in [-0.1, -0.05) is 23.8 Å². The van der Waals surface area contributed by atoms with Crippen LogP contribution in [-0.4, -0.2) is 39.2 Å². The first-order valence-corrected chi connectivity index (χ1v) is 8.03. The van der Waals surface area contributed by atoms with Gasteiger partial charge in [0.2, 0.25) is 0 Å². The molecule has 0 N–H and O–H groups in total. The minimum absolute atomic E-state index is 0.0112. The molecule has 0 aromatic rings. The van der Waals surface area contributed by atoms with Crippen LogP contribution >= 0.6 is 0 Å². The van der Waals surface area contributed by atoms with Gasteiger partial charge in [-0.05, 0) is 44.6 Å². The van der Waals surface area contributed by atoms with Gasteiger partial charge in [-0.2, -0.15) is 0 Å². The van der Waals surface area contributed by atoms with Gasteiger partial charge in [0.05, 0.1) is 21.3 Å². The number of hydrogen-bond donors (Lipinski definition) is 0. The van der Waals surface area contributed by atoms with Crippen molar-refractivity contribution in [2.75, 3.05) is 21.3 Å². The molecule has 0 saturated carbocycles. The molecular weight excluding hydrogens is 324 g/mol. The Bertz CT molecular complexity index is 602. The van der Waals surface area contributed by atoms with Gasteiger partial charge >= 0.3 is 17.9 Å². The predicted molar refractivity (Wildman–Crippen MR) is 92.5 cm³/mol. The SMILES string of the molecule is [2H]CC1=C(/C=C/CCC/C=C/C(=O)OC)CC(C(=O)OC)(C(=O)OC)C1. The first-order chi connectivity index (χ1) is 12.4. The third kappa shape index (κ3) is 5.31. The third-order valence-corrected chi connectivity index (χ3v) is 4.13. The van der Waals surface area contributed by atoms with Crippen molar-refractivity contribution in [2.45, 2.75) is 39.0 Å². The quantitative estimate of drug-likeness (QED) is 0.220. The lowest BCUT2D eigenvalue weighted by Gasteiger charge is -2.23. The van der Waals surface area contributed by atoms with E-state index in [4.69, 9.17) is 10.8 Å². The number of hydrogen-bond acceptors (Lipinski definition) is 6. The van der Waals surface area contributed by atoms with E-state index in [9.17, 15) is 14.4 Å². The van der Waals surface area contributed by atoms with Gasteiger partial charge in [0.15, 0.2) is 5.41 Å². The van der Waals surface area contributed by atoms with E-state index in [1.165, 1.54) is 27.4 Å². The second kappa shape index (κ2) is 9.81. The van der Waals surface area contributed by atoms with Crippen LogP contribution in [-0.2, 0) is 28.6 Å². The smallest absolute Gasteiger partial charge is 0.330 e. The molecule has 1 aliphatic rings. The highest BCUT2D eigenvalue weighted by Crippen LogP contribution is 2.44. The highest BCUT2D eigenvalue weighted by Gasteiger charge is 2.52. The van der Waals surface area contributed by atoms with Crippen molar-refractivity contribution in [3.63, 3.8) is 0 Å². The van der Waals surface area contributed by atoms with E-state index in [2.05, 4.69) is 4.74 Å². The van der Waals surface area contributed by atoms with E-state index in [1.807, 2.05) is 12.2 Å². The summed E-state index contributed by atoms with van der Waals surface area (Å²) in [6, 6.07) is 0. The molecule has 138 valence electrons. The van der Waals surface area contributed by atoms with E-state index >= 15 is 0 Å². The van der Waals surface area contributed by atoms with Gasteiger partial charge in [0.25, 0.3) is 0 Å². The topological polar surface area (TPSA) is 78.9 Å². The van der Waals surface area contributed by atoms with Crippen LogP contribution in [0.1, 0.15) is 40.4 Å². The number of rotatable bonds is 8. The molecule has 0 aliphatic heterocycles. The zero-order valence-electron chi connectivity index (χ0n) is 16.0. The van der Waals surface area contributed by atoms with Gasteiger partial charge in [0, 0.05) is 7.45 Å². The maximum Gasteiger partial charge on any atom is 0.330 e. The van der Waals surface area contributed by atoms with E-state index in [-0.39, 0.29) is 25.7 Å². The Kier molecular flexibility index (Phi) is 7.44. The van der Waals surface area contributed by atoms with Gasteiger partial charge in [-0.15, -0.1) is 0 Å². The van der Waals surface area contributed by atoms with Crippen molar-refractivity contribution in [2.24, 2.45) is 5.41 Å². The Morgan fingerprint density at radius 2 is 1.68 bits per heavy atom.